The Bertz CT molecular complexity index is 366. The number of benzene rings is 1. The van der Waals surface area contributed by atoms with Gasteiger partial charge in [0.25, 0.3) is 0 Å². The molecule has 0 aliphatic carbocycles. The minimum Gasteiger partial charge on any atom is -0.334 e. The molecule has 0 radical (unpaired) electrons. The van der Waals surface area contributed by atoms with E-state index in [1.165, 1.54) is 0 Å². The number of piperazine rings is 1. The molecule has 1 aromatic carbocycles. The van der Waals surface area contributed by atoms with E-state index in [2.05, 4.69) is 17.6 Å². The molecule has 1 aromatic rings. The van der Waals surface area contributed by atoms with E-state index >= 15 is 0 Å². The third kappa shape index (κ3) is 3.20. The zero-order chi connectivity index (χ0) is 12.1. The molecule has 2 amide bonds. The number of hydrogen-bond donors (Lipinski definition) is 2. The molecule has 0 unspecified atom stereocenters. The van der Waals surface area contributed by atoms with E-state index < -0.39 is 0 Å². The average molecular weight is 233 g/mol. The van der Waals surface area contributed by atoms with Gasteiger partial charge in [0.2, 0.25) is 0 Å². The van der Waals surface area contributed by atoms with Crippen molar-refractivity contribution in [2.45, 2.75) is 19.5 Å². The summed E-state index contributed by atoms with van der Waals surface area (Å²) in [7, 11) is 0. The van der Waals surface area contributed by atoms with Crippen molar-refractivity contribution in [1.82, 2.24) is 15.5 Å². The summed E-state index contributed by atoms with van der Waals surface area (Å²) in [5.41, 5.74) is 1.13. The second kappa shape index (κ2) is 5.68. The van der Waals surface area contributed by atoms with Crippen LogP contribution < -0.4 is 10.6 Å². The van der Waals surface area contributed by atoms with E-state index in [9.17, 15) is 4.79 Å². The fraction of sp³-hybridized carbons (Fsp3) is 0.462. The van der Waals surface area contributed by atoms with Crippen LogP contribution in [0.3, 0.4) is 0 Å². The molecule has 92 valence electrons. The van der Waals surface area contributed by atoms with E-state index in [0.29, 0.717) is 6.54 Å². The Morgan fingerprint density at radius 1 is 1.47 bits per heavy atom. The van der Waals surface area contributed by atoms with Gasteiger partial charge in [0, 0.05) is 32.2 Å². The second-order valence-electron chi connectivity index (χ2n) is 4.39. The molecule has 0 bridgehead atoms. The quantitative estimate of drug-likeness (QED) is 0.806. The van der Waals surface area contributed by atoms with Gasteiger partial charge in [-0.2, -0.15) is 0 Å². The van der Waals surface area contributed by atoms with Crippen molar-refractivity contribution in [3.05, 3.63) is 35.9 Å². The van der Waals surface area contributed by atoms with Gasteiger partial charge in [0.1, 0.15) is 0 Å². The summed E-state index contributed by atoms with van der Waals surface area (Å²) in [5, 5.41) is 6.23. The van der Waals surface area contributed by atoms with Crippen LogP contribution in [0.25, 0.3) is 0 Å². The van der Waals surface area contributed by atoms with Crippen LogP contribution >= 0.6 is 0 Å². The number of urea groups is 1. The summed E-state index contributed by atoms with van der Waals surface area (Å²) in [6, 6.07) is 10.3. The third-order valence-electron chi connectivity index (χ3n) is 3.05. The fourth-order valence-corrected chi connectivity index (χ4v) is 2.02. The minimum absolute atomic E-state index is 0.0304. The molecule has 0 spiro atoms. The van der Waals surface area contributed by atoms with Gasteiger partial charge in [0.15, 0.2) is 0 Å². The predicted molar refractivity (Wildman–Crippen MR) is 67.7 cm³/mol. The summed E-state index contributed by atoms with van der Waals surface area (Å²) in [6.45, 7) is 5.19. The second-order valence-corrected chi connectivity index (χ2v) is 4.39. The normalized spacial score (nSPS) is 20.1. The molecule has 1 saturated heterocycles. The van der Waals surface area contributed by atoms with E-state index in [1.54, 1.807) is 0 Å². The lowest BCUT2D eigenvalue weighted by molar-refractivity contribution is 0.164. The van der Waals surface area contributed by atoms with Gasteiger partial charge in [0.05, 0.1) is 0 Å². The Morgan fingerprint density at radius 3 is 2.94 bits per heavy atom. The van der Waals surface area contributed by atoms with Crippen LogP contribution in [0.1, 0.15) is 12.5 Å². The van der Waals surface area contributed by atoms with Crippen LogP contribution in [0, 0.1) is 0 Å². The van der Waals surface area contributed by atoms with Crippen molar-refractivity contribution >= 4 is 6.03 Å². The van der Waals surface area contributed by atoms with E-state index in [0.717, 1.165) is 25.2 Å². The number of carbonyl (C=O) groups is 1. The van der Waals surface area contributed by atoms with Crippen molar-refractivity contribution < 1.29 is 4.79 Å². The van der Waals surface area contributed by atoms with Crippen molar-refractivity contribution in [1.29, 1.82) is 0 Å². The smallest absolute Gasteiger partial charge is 0.317 e. The topological polar surface area (TPSA) is 44.4 Å². The molecular weight excluding hydrogens is 214 g/mol. The maximum atomic E-state index is 12.0. The van der Waals surface area contributed by atoms with Crippen LogP contribution in [0.4, 0.5) is 4.79 Å². The third-order valence-corrected chi connectivity index (χ3v) is 3.05. The summed E-state index contributed by atoms with van der Waals surface area (Å²) >= 11 is 0. The Labute approximate surface area is 102 Å². The van der Waals surface area contributed by atoms with Gasteiger partial charge in [-0.3, -0.25) is 0 Å². The monoisotopic (exact) mass is 233 g/mol. The summed E-state index contributed by atoms with van der Waals surface area (Å²) < 4.78 is 0. The molecule has 0 saturated carbocycles. The Kier molecular flexibility index (Phi) is 3.98. The first-order valence-corrected chi connectivity index (χ1v) is 6.06. The van der Waals surface area contributed by atoms with E-state index in [4.69, 9.17) is 0 Å². The highest BCUT2D eigenvalue weighted by Crippen LogP contribution is 2.03. The van der Waals surface area contributed by atoms with E-state index in [-0.39, 0.29) is 12.1 Å². The summed E-state index contributed by atoms with van der Waals surface area (Å²) in [6.07, 6.45) is 0. The predicted octanol–water partition coefficient (Wildman–Crippen LogP) is 1.19. The first kappa shape index (κ1) is 11.9. The van der Waals surface area contributed by atoms with Crippen LogP contribution in [0.2, 0.25) is 0 Å². The molecule has 1 heterocycles. The Hall–Kier alpha value is -1.55. The van der Waals surface area contributed by atoms with Gasteiger partial charge in [-0.1, -0.05) is 30.3 Å². The van der Waals surface area contributed by atoms with Crippen molar-refractivity contribution in [3.63, 3.8) is 0 Å². The van der Waals surface area contributed by atoms with Gasteiger partial charge in [-0.15, -0.1) is 0 Å². The number of carbonyl (C=O) groups excluding carboxylic acids is 1. The van der Waals surface area contributed by atoms with Crippen LogP contribution in [-0.4, -0.2) is 36.6 Å². The highest BCUT2D eigenvalue weighted by molar-refractivity contribution is 5.74. The van der Waals surface area contributed by atoms with Gasteiger partial charge < -0.3 is 15.5 Å². The van der Waals surface area contributed by atoms with Gasteiger partial charge in [-0.25, -0.2) is 4.79 Å². The zero-order valence-corrected chi connectivity index (χ0v) is 10.1. The first-order valence-electron chi connectivity index (χ1n) is 6.06. The zero-order valence-electron chi connectivity index (χ0n) is 10.1. The number of nitrogens with zero attached hydrogens (tertiary/aromatic N) is 1. The standard InChI is InChI=1S/C13H19N3O/c1-11-9-14-7-8-16(11)13(17)15-10-12-5-3-2-4-6-12/h2-6,11,14H,7-10H2,1H3,(H,15,17)/t11-/m0/s1. The van der Waals surface area contributed by atoms with Crippen LogP contribution in [0.5, 0.6) is 0 Å². The number of hydrogen-bond acceptors (Lipinski definition) is 2. The highest BCUT2D eigenvalue weighted by Gasteiger charge is 2.22. The van der Waals surface area contributed by atoms with Crippen LogP contribution in [-0.2, 0) is 6.54 Å². The highest BCUT2D eigenvalue weighted by atomic mass is 16.2. The van der Waals surface area contributed by atoms with Crippen molar-refractivity contribution in [2.24, 2.45) is 0 Å². The van der Waals surface area contributed by atoms with Crippen molar-refractivity contribution in [3.8, 4) is 0 Å². The number of amides is 2. The molecule has 1 atom stereocenters. The lowest BCUT2D eigenvalue weighted by atomic mass is 10.2. The molecule has 4 heteroatoms. The maximum Gasteiger partial charge on any atom is 0.317 e. The first-order chi connectivity index (χ1) is 8.27. The molecule has 1 aliphatic rings. The Balaban J connectivity index is 1.84. The molecule has 2 N–H and O–H groups in total. The number of nitrogens with one attached hydrogen (secondary N) is 2. The lowest BCUT2D eigenvalue weighted by Crippen LogP contribution is -2.55. The molecule has 4 nitrogen and oxygen atoms in total. The molecule has 1 fully saturated rings. The molecule has 1 aliphatic heterocycles. The maximum absolute atomic E-state index is 12.0. The Morgan fingerprint density at radius 2 is 2.24 bits per heavy atom. The minimum atomic E-state index is 0.0304. The van der Waals surface area contributed by atoms with Gasteiger partial charge in [-0.05, 0) is 12.5 Å². The van der Waals surface area contributed by atoms with Crippen molar-refractivity contribution in [2.75, 3.05) is 19.6 Å². The van der Waals surface area contributed by atoms with Crippen LogP contribution in [0.15, 0.2) is 30.3 Å². The number of rotatable bonds is 2. The molecule has 17 heavy (non-hydrogen) atoms. The molecular formula is C13H19N3O. The molecule has 2 rings (SSSR count). The fourth-order valence-electron chi connectivity index (χ4n) is 2.02. The summed E-state index contributed by atoms with van der Waals surface area (Å²) in [4.78, 5) is 13.9. The summed E-state index contributed by atoms with van der Waals surface area (Å²) in [5.74, 6) is 0. The molecule has 0 aromatic heterocycles. The average Bonchev–Trinajstić information content (AvgIpc) is 2.38. The largest absolute Gasteiger partial charge is 0.334 e. The van der Waals surface area contributed by atoms with Gasteiger partial charge >= 0.3 is 6.03 Å². The SMILES string of the molecule is C[C@H]1CNCCN1C(=O)NCc1ccccc1. The lowest BCUT2D eigenvalue weighted by Gasteiger charge is -2.33. The van der Waals surface area contributed by atoms with E-state index in [1.807, 2.05) is 35.2 Å².